The van der Waals surface area contributed by atoms with Gasteiger partial charge < -0.3 is 0 Å². The van der Waals surface area contributed by atoms with Gasteiger partial charge in [0.15, 0.2) is 5.78 Å². The minimum absolute atomic E-state index is 0.00461. The van der Waals surface area contributed by atoms with Crippen LogP contribution in [0.2, 0.25) is 0 Å². The van der Waals surface area contributed by atoms with Crippen LogP contribution in [0, 0.1) is 5.82 Å². The number of hydrogen-bond donors (Lipinski definition) is 0. The first-order valence-electron chi connectivity index (χ1n) is 5.78. The lowest BCUT2D eigenvalue weighted by molar-refractivity contribution is 0.0994. The van der Waals surface area contributed by atoms with Crippen LogP contribution in [0.25, 0.3) is 0 Å². The van der Waals surface area contributed by atoms with E-state index in [4.69, 9.17) is 0 Å². The highest BCUT2D eigenvalue weighted by atomic mass is 79.9. The van der Waals surface area contributed by atoms with Crippen molar-refractivity contribution in [1.29, 1.82) is 0 Å². The molecule has 0 fully saturated rings. The lowest BCUT2D eigenvalue weighted by Crippen LogP contribution is -2.13. The number of carbonyl (C=O) groups excluding carboxylic acids is 1. The molecule has 98 valence electrons. The molecule has 0 bridgehead atoms. The fourth-order valence-corrected chi connectivity index (χ4v) is 3.20. The van der Waals surface area contributed by atoms with E-state index < -0.39 is 0 Å². The number of hydrogen-bond acceptors (Lipinski definition) is 2. The molecule has 0 saturated heterocycles. The molecule has 0 saturated carbocycles. The second-order valence-electron chi connectivity index (χ2n) is 4.09. The first kappa shape index (κ1) is 14.3. The van der Waals surface area contributed by atoms with Gasteiger partial charge in [-0.1, -0.05) is 22.0 Å². The van der Waals surface area contributed by atoms with Crippen LogP contribution >= 0.6 is 27.7 Å². The summed E-state index contributed by atoms with van der Waals surface area (Å²) < 4.78 is 13.8. The molecule has 1 unspecified atom stereocenters. The van der Waals surface area contributed by atoms with Crippen molar-refractivity contribution in [3.8, 4) is 0 Å². The highest BCUT2D eigenvalue weighted by Gasteiger charge is 2.16. The first-order valence-corrected chi connectivity index (χ1v) is 7.45. The molecule has 0 heterocycles. The zero-order chi connectivity index (χ0) is 13.8. The van der Waals surface area contributed by atoms with Crippen LogP contribution in [0.5, 0.6) is 0 Å². The van der Waals surface area contributed by atoms with Gasteiger partial charge in [-0.05, 0) is 49.4 Å². The van der Waals surface area contributed by atoms with E-state index in [9.17, 15) is 9.18 Å². The number of thioether (sulfide) groups is 1. The van der Waals surface area contributed by atoms with Gasteiger partial charge in [-0.15, -0.1) is 11.8 Å². The van der Waals surface area contributed by atoms with Crippen molar-refractivity contribution in [2.24, 2.45) is 0 Å². The SMILES string of the molecule is CC(Sc1cccc(Br)c1)C(=O)c1ccc(F)cc1. The van der Waals surface area contributed by atoms with Gasteiger partial charge >= 0.3 is 0 Å². The van der Waals surface area contributed by atoms with Crippen LogP contribution in [-0.2, 0) is 0 Å². The second kappa shape index (κ2) is 6.35. The molecule has 2 rings (SSSR count). The smallest absolute Gasteiger partial charge is 0.175 e. The fraction of sp³-hybridized carbons (Fsp3) is 0.133. The molecule has 1 atom stereocenters. The average Bonchev–Trinajstić information content (AvgIpc) is 2.39. The number of Topliss-reactive ketones (excluding diaryl/α,β-unsaturated/α-hetero) is 1. The first-order chi connectivity index (χ1) is 9.06. The molecule has 0 aromatic heterocycles. The van der Waals surface area contributed by atoms with Crippen LogP contribution in [0.4, 0.5) is 4.39 Å². The monoisotopic (exact) mass is 338 g/mol. The summed E-state index contributed by atoms with van der Waals surface area (Å²) in [5.41, 5.74) is 0.538. The van der Waals surface area contributed by atoms with Gasteiger partial charge in [0.1, 0.15) is 5.82 Å². The van der Waals surface area contributed by atoms with E-state index in [0.717, 1.165) is 9.37 Å². The maximum atomic E-state index is 12.8. The van der Waals surface area contributed by atoms with Gasteiger partial charge in [0.25, 0.3) is 0 Å². The zero-order valence-electron chi connectivity index (χ0n) is 10.3. The summed E-state index contributed by atoms with van der Waals surface area (Å²) in [6.07, 6.45) is 0. The molecule has 0 aliphatic heterocycles. The van der Waals surface area contributed by atoms with Crippen LogP contribution in [0.3, 0.4) is 0 Å². The van der Waals surface area contributed by atoms with Crippen molar-refractivity contribution >= 4 is 33.5 Å². The number of ketones is 1. The highest BCUT2D eigenvalue weighted by Crippen LogP contribution is 2.27. The molecule has 0 aliphatic rings. The summed E-state index contributed by atoms with van der Waals surface area (Å²) in [7, 11) is 0. The van der Waals surface area contributed by atoms with Crippen LogP contribution < -0.4 is 0 Å². The van der Waals surface area contributed by atoms with Gasteiger partial charge in [0.2, 0.25) is 0 Å². The summed E-state index contributed by atoms with van der Waals surface area (Å²) in [6.45, 7) is 1.86. The van der Waals surface area contributed by atoms with Gasteiger partial charge in [-0.3, -0.25) is 4.79 Å². The third-order valence-corrected chi connectivity index (χ3v) is 4.19. The Balaban J connectivity index is 2.09. The maximum absolute atomic E-state index is 12.8. The quantitative estimate of drug-likeness (QED) is 0.579. The molecule has 0 radical (unpaired) electrons. The second-order valence-corrected chi connectivity index (χ2v) is 6.42. The molecule has 0 N–H and O–H groups in total. The molecule has 2 aromatic carbocycles. The van der Waals surface area contributed by atoms with E-state index in [0.29, 0.717) is 5.56 Å². The Morgan fingerprint density at radius 2 is 1.89 bits per heavy atom. The van der Waals surface area contributed by atoms with Gasteiger partial charge in [0.05, 0.1) is 5.25 Å². The fourth-order valence-electron chi connectivity index (χ4n) is 1.65. The summed E-state index contributed by atoms with van der Waals surface area (Å²) in [5, 5.41) is -0.209. The number of benzene rings is 2. The summed E-state index contributed by atoms with van der Waals surface area (Å²) in [6, 6.07) is 13.5. The van der Waals surface area contributed by atoms with Crippen molar-refractivity contribution in [2.45, 2.75) is 17.1 Å². The van der Waals surface area contributed by atoms with E-state index in [1.165, 1.54) is 36.0 Å². The number of carbonyl (C=O) groups is 1. The average molecular weight is 339 g/mol. The Labute approximate surface area is 124 Å². The zero-order valence-corrected chi connectivity index (χ0v) is 12.7. The van der Waals surface area contributed by atoms with Crippen molar-refractivity contribution in [3.05, 3.63) is 64.4 Å². The number of rotatable bonds is 4. The minimum Gasteiger partial charge on any atom is -0.293 e. The summed E-state index contributed by atoms with van der Waals surface area (Å²) in [4.78, 5) is 13.2. The molecule has 2 aromatic rings. The summed E-state index contributed by atoms with van der Waals surface area (Å²) in [5.74, 6) is -0.325. The molecule has 0 spiro atoms. The molecule has 0 amide bonds. The van der Waals surface area contributed by atoms with Gasteiger partial charge in [0, 0.05) is 14.9 Å². The topological polar surface area (TPSA) is 17.1 Å². The lowest BCUT2D eigenvalue weighted by atomic mass is 10.1. The molecular weight excluding hydrogens is 327 g/mol. The third kappa shape index (κ3) is 3.91. The van der Waals surface area contributed by atoms with Crippen molar-refractivity contribution in [3.63, 3.8) is 0 Å². The Bertz CT molecular complexity index is 583. The standard InChI is InChI=1S/C15H12BrFOS/c1-10(19-14-4-2-3-12(16)9-14)15(18)11-5-7-13(17)8-6-11/h2-10H,1H3. The van der Waals surface area contributed by atoms with Crippen molar-refractivity contribution in [2.75, 3.05) is 0 Å². The summed E-state index contributed by atoms with van der Waals surface area (Å²) >= 11 is 4.89. The van der Waals surface area contributed by atoms with Crippen molar-refractivity contribution < 1.29 is 9.18 Å². The maximum Gasteiger partial charge on any atom is 0.175 e. The van der Waals surface area contributed by atoms with E-state index in [1.807, 2.05) is 31.2 Å². The van der Waals surface area contributed by atoms with Crippen molar-refractivity contribution in [1.82, 2.24) is 0 Å². The molecule has 1 nitrogen and oxygen atoms in total. The molecule has 0 aliphatic carbocycles. The van der Waals surface area contributed by atoms with Crippen LogP contribution in [0.1, 0.15) is 17.3 Å². The van der Waals surface area contributed by atoms with Crippen LogP contribution in [-0.4, -0.2) is 11.0 Å². The normalized spacial score (nSPS) is 12.2. The van der Waals surface area contributed by atoms with Crippen LogP contribution in [0.15, 0.2) is 57.9 Å². The number of halogens is 2. The largest absolute Gasteiger partial charge is 0.293 e. The van der Waals surface area contributed by atoms with E-state index >= 15 is 0 Å². The third-order valence-electron chi connectivity index (χ3n) is 2.61. The molecule has 19 heavy (non-hydrogen) atoms. The van der Waals surface area contributed by atoms with Gasteiger partial charge in [-0.25, -0.2) is 4.39 Å². The Morgan fingerprint density at radius 3 is 2.53 bits per heavy atom. The minimum atomic E-state index is -0.330. The van der Waals surface area contributed by atoms with Gasteiger partial charge in [-0.2, -0.15) is 0 Å². The van der Waals surface area contributed by atoms with E-state index in [2.05, 4.69) is 15.9 Å². The Kier molecular flexibility index (Phi) is 4.77. The molecular formula is C15H12BrFOS. The predicted octanol–water partition coefficient (Wildman–Crippen LogP) is 4.95. The molecule has 4 heteroatoms. The lowest BCUT2D eigenvalue weighted by Gasteiger charge is -2.10. The highest BCUT2D eigenvalue weighted by molar-refractivity contribution is 9.10. The van der Waals surface area contributed by atoms with E-state index in [-0.39, 0.29) is 16.9 Å². The predicted molar refractivity (Wildman–Crippen MR) is 80.2 cm³/mol. The Hall–Kier alpha value is -1.13. The van der Waals surface area contributed by atoms with E-state index in [1.54, 1.807) is 0 Å². The Morgan fingerprint density at radius 1 is 1.21 bits per heavy atom.